The number of hydrogen-bond donors (Lipinski definition) is 2. The van der Waals surface area contributed by atoms with Crippen LogP contribution in [0.1, 0.15) is 28.4 Å². The average Bonchev–Trinajstić information content (AvgIpc) is 3.07. The molecule has 5 nitrogen and oxygen atoms in total. The van der Waals surface area contributed by atoms with E-state index in [1.54, 1.807) is 18.2 Å². The van der Waals surface area contributed by atoms with Crippen LogP contribution in [0, 0.1) is 0 Å². The highest BCUT2D eigenvalue weighted by Crippen LogP contribution is 2.35. The van der Waals surface area contributed by atoms with Gasteiger partial charge in [-0.05, 0) is 48.9 Å². The number of carbonyl (C=O) groups excluding carboxylic acids is 1. The van der Waals surface area contributed by atoms with Crippen LogP contribution < -0.4 is 14.8 Å². The zero-order valence-corrected chi connectivity index (χ0v) is 13.8. The fraction of sp³-hybridized carbons (Fsp3) is 0.278. The highest BCUT2D eigenvalue weighted by atomic mass is 19.4. The van der Waals surface area contributed by atoms with E-state index in [-0.39, 0.29) is 18.9 Å². The Labute approximate surface area is 147 Å². The van der Waals surface area contributed by atoms with E-state index in [1.165, 1.54) is 6.92 Å². The predicted octanol–water partition coefficient (Wildman–Crippen LogP) is 3.07. The van der Waals surface area contributed by atoms with Gasteiger partial charge >= 0.3 is 6.18 Å². The van der Waals surface area contributed by atoms with Crippen molar-refractivity contribution in [2.75, 3.05) is 13.3 Å². The van der Waals surface area contributed by atoms with Gasteiger partial charge in [0, 0.05) is 5.56 Å². The van der Waals surface area contributed by atoms with Crippen molar-refractivity contribution in [3.63, 3.8) is 0 Å². The molecule has 1 atom stereocenters. The minimum Gasteiger partial charge on any atom is -0.454 e. The van der Waals surface area contributed by atoms with Crippen LogP contribution in [0.5, 0.6) is 11.5 Å². The van der Waals surface area contributed by atoms with E-state index in [0.717, 1.165) is 24.3 Å². The lowest BCUT2D eigenvalue weighted by atomic mass is 9.95. The molecule has 138 valence electrons. The summed E-state index contributed by atoms with van der Waals surface area (Å²) in [5.41, 5.74) is -1.65. The number of benzene rings is 2. The van der Waals surface area contributed by atoms with Gasteiger partial charge in [0.15, 0.2) is 11.5 Å². The highest BCUT2D eigenvalue weighted by Gasteiger charge is 2.30. The summed E-state index contributed by atoms with van der Waals surface area (Å²) in [4.78, 5) is 12.1. The summed E-state index contributed by atoms with van der Waals surface area (Å²) in [6, 6.07) is 8.78. The Balaban J connectivity index is 1.66. The number of hydrogen-bond acceptors (Lipinski definition) is 4. The van der Waals surface area contributed by atoms with E-state index in [4.69, 9.17) is 9.47 Å². The summed E-state index contributed by atoms with van der Waals surface area (Å²) < 4.78 is 48.1. The van der Waals surface area contributed by atoms with Gasteiger partial charge in [-0.2, -0.15) is 13.2 Å². The standard InChI is InChI=1S/C18H16F3NO4/c1-17(24,13-6-7-14-15(8-13)26-10-25-14)9-22-16(23)11-2-4-12(5-3-11)18(19,20)21/h2-8,24H,9-10H2,1H3,(H,22,23). The molecular formula is C18H16F3NO4. The maximum Gasteiger partial charge on any atom is 0.416 e. The molecule has 0 spiro atoms. The van der Waals surface area contributed by atoms with E-state index in [2.05, 4.69) is 5.32 Å². The fourth-order valence-electron chi connectivity index (χ4n) is 2.50. The maximum absolute atomic E-state index is 12.6. The van der Waals surface area contributed by atoms with Gasteiger partial charge in [-0.1, -0.05) is 6.07 Å². The Bertz CT molecular complexity index is 816. The summed E-state index contributed by atoms with van der Waals surface area (Å²) >= 11 is 0. The molecule has 8 heteroatoms. The second-order valence-corrected chi connectivity index (χ2v) is 6.10. The van der Waals surface area contributed by atoms with Crippen LogP contribution in [0.2, 0.25) is 0 Å². The molecule has 0 fully saturated rings. The van der Waals surface area contributed by atoms with Crippen molar-refractivity contribution < 1.29 is 32.5 Å². The monoisotopic (exact) mass is 367 g/mol. The summed E-state index contributed by atoms with van der Waals surface area (Å²) in [7, 11) is 0. The van der Waals surface area contributed by atoms with Crippen LogP contribution in [0.4, 0.5) is 13.2 Å². The van der Waals surface area contributed by atoms with Crippen molar-refractivity contribution in [2.45, 2.75) is 18.7 Å². The molecule has 1 heterocycles. The van der Waals surface area contributed by atoms with Crippen molar-refractivity contribution in [2.24, 2.45) is 0 Å². The molecule has 26 heavy (non-hydrogen) atoms. The first-order chi connectivity index (χ1) is 12.2. The number of nitrogens with one attached hydrogen (secondary N) is 1. The first kappa shape index (κ1) is 18.1. The molecule has 0 aromatic heterocycles. The number of alkyl halides is 3. The van der Waals surface area contributed by atoms with Crippen molar-refractivity contribution in [1.82, 2.24) is 5.32 Å². The molecule has 3 rings (SSSR count). The Kier molecular flexibility index (Phi) is 4.53. The molecule has 0 bridgehead atoms. The number of halogens is 3. The molecule has 1 aliphatic rings. The molecule has 0 saturated carbocycles. The predicted molar refractivity (Wildman–Crippen MR) is 85.9 cm³/mol. The lowest BCUT2D eigenvalue weighted by Gasteiger charge is -2.24. The molecule has 0 radical (unpaired) electrons. The quantitative estimate of drug-likeness (QED) is 0.872. The third-order valence-electron chi connectivity index (χ3n) is 4.06. The number of amides is 1. The topological polar surface area (TPSA) is 67.8 Å². The fourth-order valence-corrected chi connectivity index (χ4v) is 2.50. The smallest absolute Gasteiger partial charge is 0.416 e. The number of aliphatic hydroxyl groups is 1. The molecule has 0 aliphatic carbocycles. The first-order valence-corrected chi connectivity index (χ1v) is 7.75. The van der Waals surface area contributed by atoms with Crippen LogP contribution in [0.3, 0.4) is 0 Å². The molecule has 1 amide bonds. The molecule has 1 aliphatic heterocycles. The van der Waals surface area contributed by atoms with E-state index >= 15 is 0 Å². The van der Waals surface area contributed by atoms with E-state index in [9.17, 15) is 23.1 Å². The lowest BCUT2D eigenvalue weighted by molar-refractivity contribution is -0.137. The van der Waals surface area contributed by atoms with Crippen LogP contribution in [-0.4, -0.2) is 24.4 Å². The SMILES string of the molecule is CC(O)(CNC(=O)c1ccc(C(F)(F)F)cc1)c1ccc2c(c1)OCO2. The second-order valence-electron chi connectivity index (χ2n) is 6.10. The van der Waals surface area contributed by atoms with E-state index in [0.29, 0.717) is 17.1 Å². The van der Waals surface area contributed by atoms with Gasteiger partial charge in [0.2, 0.25) is 6.79 Å². The van der Waals surface area contributed by atoms with Gasteiger partial charge in [-0.25, -0.2) is 0 Å². The highest BCUT2D eigenvalue weighted by molar-refractivity contribution is 5.94. The Morgan fingerprint density at radius 3 is 2.35 bits per heavy atom. The van der Waals surface area contributed by atoms with Crippen LogP contribution in [0.25, 0.3) is 0 Å². The Morgan fingerprint density at radius 1 is 1.08 bits per heavy atom. The summed E-state index contributed by atoms with van der Waals surface area (Å²) in [6.07, 6.45) is -4.46. The van der Waals surface area contributed by atoms with Gasteiger partial charge in [-0.15, -0.1) is 0 Å². The van der Waals surface area contributed by atoms with Gasteiger partial charge in [0.25, 0.3) is 5.91 Å². The van der Waals surface area contributed by atoms with Crippen LogP contribution >= 0.6 is 0 Å². The minimum absolute atomic E-state index is 0.0690. The third kappa shape index (κ3) is 3.75. The first-order valence-electron chi connectivity index (χ1n) is 7.75. The van der Waals surface area contributed by atoms with Gasteiger partial charge < -0.3 is 19.9 Å². The lowest BCUT2D eigenvalue weighted by Crippen LogP contribution is -2.38. The molecule has 2 aromatic carbocycles. The molecule has 1 unspecified atom stereocenters. The maximum atomic E-state index is 12.6. The average molecular weight is 367 g/mol. The molecule has 2 N–H and O–H groups in total. The van der Waals surface area contributed by atoms with Crippen molar-refractivity contribution in [1.29, 1.82) is 0 Å². The molecular weight excluding hydrogens is 351 g/mol. The second kappa shape index (κ2) is 6.53. The van der Waals surface area contributed by atoms with Crippen LogP contribution in [0.15, 0.2) is 42.5 Å². The summed E-state index contributed by atoms with van der Waals surface area (Å²) in [6.45, 7) is 1.48. The van der Waals surface area contributed by atoms with Crippen LogP contribution in [-0.2, 0) is 11.8 Å². The normalized spacial score (nSPS) is 15.4. The molecule has 0 saturated heterocycles. The minimum atomic E-state index is -4.46. The zero-order valence-electron chi connectivity index (χ0n) is 13.8. The van der Waals surface area contributed by atoms with Gasteiger partial charge in [-0.3, -0.25) is 4.79 Å². The number of rotatable bonds is 4. The van der Waals surface area contributed by atoms with Crippen molar-refractivity contribution >= 4 is 5.91 Å². The number of ether oxygens (including phenoxy) is 2. The largest absolute Gasteiger partial charge is 0.454 e. The Morgan fingerprint density at radius 2 is 1.69 bits per heavy atom. The van der Waals surface area contributed by atoms with E-state index < -0.39 is 23.2 Å². The summed E-state index contributed by atoms with van der Waals surface area (Å²) in [5, 5.41) is 13.1. The van der Waals surface area contributed by atoms with Gasteiger partial charge in [0.05, 0.1) is 12.1 Å². The van der Waals surface area contributed by atoms with Gasteiger partial charge in [0.1, 0.15) is 5.60 Å². The molecule has 2 aromatic rings. The van der Waals surface area contributed by atoms with Crippen molar-refractivity contribution in [3.05, 3.63) is 59.2 Å². The Hall–Kier alpha value is -2.74. The number of fused-ring (bicyclic) bond motifs is 1. The third-order valence-corrected chi connectivity index (χ3v) is 4.06. The summed E-state index contributed by atoms with van der Waals surface area (Å²) in [5.74, 6) is 0.481. The number of carbonyl (C=O) groups is 1. The zero-order chi connectivity index (χ0) is 18.9. The van der Waals surface area contributed by atoms with E-state index in [1.807, 2.05) is 0 Å². The van der Waals surface area contributed by atoms with Crippen molar-refractivity contribution in [3.8, 4) is 11.5 Å².